The Morgan fingerprint density at radius 1 is 1.64 bits per heavy atom. The number of halogens is 1. The summed E-state index contributed by atoms with van der Waals surface area (Å²) in [5, 5.41) is 0. The van der Waals surface area contributed by atoms with E-state index >= 15 is 0 Å². The molecule has 0 heterocycles. The summed E-state index contributed by atoms with van der Waals surface area (Å²) in [5.41, 5.74) is 5.53. The molecule has 0 saturated carbocycles. The predicted molar refractivity (Wildman–Crippen MR) is 46.4 cm³/mol. The summed E-state index contributed by atoms with van der Waals surface area (Å²) in [7, 11) is 0. The number of hydrogen-bond acceptors (Lipinski definition) is 3. The van der Waals surface area contributed by atoms with Crippen molar-refractivity contribution in [1.82, 2.24) is 0 Å². The molecular formula is C7H14ClNO2. The second kappa shape index (κ2) is 7.41. The average Bonchev–Trinajstić information content (AvgIpc) is 1.98. The van der Waals surface area contributed by atoms with Gasteiger partial charge in [0.2, 0.25) is 0 Å². The van der Waals surface area contributed by atoms with Crippen molar-refractivity contribution in [3.05, 3.63) is 11.8 Å². The molecule has 0 atom stereocenters. The van der Waals surface area contributed by atoms with E-state index in [1.54, 1.807) is 6.92 Å². The van der Waals surface area contributed by atoms with Crippen molar-refractivity contribution < 1.29 is 9.53 Å². The van der Waals surface area contributed by atoms with Crippen LogP contribution in [0.15, 0.2) is 11.8 Å². The maximum absolute atomic E-state index is 10.8. The van der Waals surface area contributed by atoms with Crippen molar-refractivity contribution in [2.24, 2.45) is 5.73 Å². The molecule has 11 heavy (non-hydrogen) atoms. The topological polar surface area (TPSA) is 52.3 Å². The molecule has 3 nitrogen and oxygen atoms in total. The van der Waals surface area contributed by atoms with Gasteiger partial charge in [-0.1, -0.05) is 6.92 Å². The molecule has 4 heteroatoms. The maximum Gasteiger partial charge on any atom is 0.335 e. The van der Waals surface area contributed by atoms with Crippen molar-refractivity contribution in [2.75, 3.05) is 6.61 Å². The van der Waals surface area contributed by atoms with Gasteiger partial charge in [-0.15, -0.1) is 12.4 Å². The van der Waals surface area contributed by atoms with Crippen LogP contribution >= 0.6 is 12.4 Å². The fraction of sp³-hybridized carbons (Fsp3) is 0.571. The zero-order valence-electron chi connectivity index (χ0n) is 6.79. The number of rotatable bonds is 3. The molecule has 0 unspecified atom stereocenters. The van der Waals surface area contributed by atoms with Crippen molar-refractivity contribution in [3.63, 3.8) is 0 Å². The van der Waals surface area contributed by atoms with Crippen LogP contribution in [0.1, 0.15) is 20.3 Å². The Morgan fingerprint density at radius 2 is 2.18 bits per heavy atom. The highest BCUT2D eigenvalue weighted by Gasteiger charge is 2.02. The summed E-state index contributed by atoms with van der Waals surface area (Å²) >= 11 is 0. The lowest BCUT2D eigenvalue weighted by Crippen LogP contribution is -2.07. The van der Waals surface area contributed by atoms with E-state index in [1.165, 1.54) is 6.20 Å². The number of hydrogen-bond donors (Lipinski definition) is 1. The molecule has 0 rings (SSSR count). The van der Waals surface area contributed by atoms with Crippen molar-refractivity contribution in [1.29, 1.82) is 0 Å². The lowest BCUT2D eigenvalue weighted by atomic mass is 10.3. The molecule has 2 N–H and O–H groups in total. The van der Waals surface area contributed by atoms with Crippen LogP contribution in [-0.4, -0.2) is 12.6 Å². The van der Waals surface area contributed by atoms with Crippen LogP contribution in [-0.2, 0) is 9.53 Å². The zero-order chi connectivity index (χ0) is 7.98. The van der Waals surface area contributed by atoms with Crippen LogP contribution in [0.2, 0.25) is 0 Å². The SMILES string of the molecule is CCCOC(=O)C(C)=CN.Cl. The quantitative estimate of drug-likeness (QED) is 0.524. The molecule has 0 aromatic heterocycles. The average molecular weight is 180 g/mol. The Kier molecular flexibility index (Phi) is 8.71. The molecule has 0 fully saturated rings. The molecule has 0 aromatic rings. The summed E-state index contributed by atoms with van der Waals surface area (Å²) < 4.78 is 4.76. The van der Waals surface area contributed by atoms with Gasteiger partial charge in [-0.3, -0.25) is 0 Å². The van der Waals surface area contributed by atoms with E-state index in [4.69, 9.17) is 10.5 Å². The standard InChI is InChI=1S/C7H13NO2.ClH/c1-3-4-10-7(9)6(2)5-8;/h5H,3-4,8H2,1-2H3;1H. The first kappa shape index (κ1) is 12.9. The van der Waals surface area contributed by atoms with E-state index in [1.807, 2.05) is 6.92 Å². The largest absolute Gasteiger partial charge is 0.462 e. The lowest BCUT2D eigenvalue weighted by Gasteiger charge is -2.00. The predicted octanol–water partition coefficient (Wildman–Crippen LogP) is 1.22. The van der Waals surface area contributed by atoms with Crippen LogP contribution in [0.4, 0.5) is 0 Å². The van der Waals surface area contributed by atoms with Gasteiger partial charge in [0.15, 0.2) is 0 Å². The zero-order valence-corrected chi connectivity index (χ0v) is 7.61. The number of carbonyl (C=O) groups is 1. The van der Waals surface area contributed by atoms with E-state index < -0.39 is 0 Å². The van der Waals surface area contributed by atoms with Crippen LogP contribution in [0.25, 0.3) is 0 Å². The number of esters is 1. The molecule has 0 aliphatic carbocycles. The fourth-order valence-corrected chi connectivity index (χ4v) is 0.377. The first-order valence-electron chi connectivity index (χ1n) is 3.28. The van der Waals surface area contributed by atoms with E-state index in [0.29, 0.717) is 12.2 Å². The molecule has 0 amide bonds. The van der Waals surface area contributed by atoms with Crippen LogP contribution in [0, 0.1) is 0 Å². The summed E-state index contributed by atoms with van der Waals surface area (Å²) in [5.74, 6) is -0.329. The van der Waals surface area contributed by atoms with E-state index in [-0.39, 0.29) is 18.4 Å². The number of ether oxygens (including phenoxy) is 1. The molecule has 0 aliphatic rings. The summed E-state index contributed by atoms with van der Waals surface area (Å²) in [6, 6.07) is 0. The lowest BCUT2D eigenvalue weighted by molar-refractivity contribution is -0.138. The van der Waals surface area contributed by atoms with Crippen LogP contribution < -0.4 is 5.73 Å². The highest BCUT2D eigenvalue weighted by Crippen LogP contribution is 1.93. The third-order valence-corrected chi connectivity index (χ3v) is 1.01. The number of carbonyl (C=O) groups excluding carboxylic acids is 1. The Morgan fingerprint density at radius 3 is 2.55 bits per heavy atom. The van der Waals surface area contributed by atoms with Gasteiger partial charge in [-0.25, -0.2) is 4.79 Å². The minimum absolute atomic E-state index is 0. The minimum Gasteiger partial charge on any atom is -0.462 e. The van der Waals surface area contributed by atoms with Crippen molar-refractivity contribution in [3.8, 4) is 0 Å². The molecule has 0 aliphatic heterocycles. The van der Waals surface area contributed by atoms with Gasteiger partial charge in [-0.05, 0) is 13.3 Å². The Bertz CT molecular complexity index is 145. The monoisotopic (exact) mass is 179 g/mol. The smallest absolute Gasteiger partial charge is 0.335 e. The second-order valence-corrected chi connectivity index (χ2v) is 1.99. The van der Waals surface area contributed by atoms with E-state index in [9.17, 15) is 4.79 Å². The fourth-order valence-electron chi connectivity index (χ4n) is 0.377. The Balaban J connectivity index is 0. The van der Waals surface area contributed by atoms with Crippen molar-refractivity contribution >= 4 is 18.4 Å². The first-order valence-corrected chi connectivity index (χ1v) is 3.28. The summed E-state index contributed by atoms with van der Waals surface area (Å²) in [4.78, 5) is 10.8. The van der Waals surface area contributed by atoms with Gasteiger partial charge >= 0.3 is 5.97 Å². The van der Waals surface area contributed by atoms with Gasteiger partial charge in [0, 0.05) is 11.8 Å². The minimum atomic E-state index is -0.329. The summed E-state index contributed by atoms with van der Waals surface area (Å²) in [6.07, 6.45) is 2.08. The van der Waals surface area contributed by atoms with Gasteiger partial charge < -0.3 is 10.5 Å². The van der Waals surface area contributed by atoms with E-state index in [0.717, 1.165) is 6.42 Å². The highest BCUT2D eigenvalue weighted by atomic mass is 35.5. The van der Waals surface area contributed by atoms with Crippen LogP contribution in [0.5, 0.6) is 0 Å². The molecule has 66 valence electrons. The highest BCUT2D eigenvalue weighted by molar-refractivity contribution is 5.87. The van der Waals surface area contributed by atoms with Gasteiger partial charge in [-0.2, -0.15) is 0 Å². The van der Waals surface area contributed by atoms with Crippen LogP contribution in [0.3, 0.4) is 0 Å². The molecule has 0 spiro atoms. The molecular weight excluding hydrogens is 166 g/mol. The molecule has 0 bridgehead atoms. The second-order valence-electron chi connectivity index (χ2n) is 1.99. The van der Waals surface area contributed by atoms with Gasteiger partial charge in [0.1, 0.15) is 0 Å². The van der Waals surface area contributed by atoms with Gasteiger partial charge in [0.25, 0.3) is 0 Å². The normalized spacial score (nSPS) is 10.2. The maximum atomic E-state index is 10.8. The third kappa shape index (κ3) is 5.73. The third-order valence-electron chi connectivity index (χ3n) is 1.01. The molecule has 0 saturated heterocycles. The summed E-state index contributed by atoms with van der Waals surface area (Å²) in [6.45, 7) is 4.02. The van der Waals surface area contributed by atoms with Gasteiger partial charge in [0.05, 0.1) is 6.61 Å². The van der Waals surface area contributed by atoms with E-state index in [2.05, 4.69) is 0 Å². The Labute approximate surface area is 73.0 Å². The molecule has 0 aromatic carbocycles. The number of nitrogens with two attached hydrogens (primary N) is 1. The Hall–Kier alpha value is -0.700. The van der Waals surface area contributed by atoms with Crippen molar-refractivity contribution in [2.45, 2.75) is 20.3 Å². The molecule has 0 radical (unpaired) electrons. The first-order chi connectivity index (χ1) is 4.72.